The topological polar surface area (TPSA) is 79.1 Å². The van der Waals surface area contributed by atoms with Crippen LogP contribution in [0, 0.1) is 6.92 Å². The van der Waals surface area contributed by atoms with Gasteiger partial charge in [-0.05, 0) is 48.2 Å². The van der Waals surface area contributed by atoms with Gasteiger partial charge in [-0.15, -0.1) is 0 Å². The second-order valence-electron chi connectivity index (χ2n) is 6.70. The molecule has 0 saturated heterocycles. The molecule has 0 aliphatic carbocycles. The Labute approximate surface area is 151 Å². The summed E-state index contributed by atoms with van der Waals surface area (Å²) in [6.07, 6.45) is 1.44. The van der Waals surface area contributed by atoms with E-state index in [1.165, 1.54) is 6.21 Å². The number of halogens is 1. The smallest absolute Gasteiger partial charge is 0.339 e. The molecule has 2 rings (SSSR count). The van der Waals surface area contributed by atoms with E-state index in [2.05, 4.69) is 5.16 Å². The highest BCUT2D eigenvalue weighted by atomic mass is 35.5. The summed E-state index contributed by atoms with van der Waals surface area (Å²) in [5.41, 5.74) is 0.959. The molecule has 0 bridgehead atoms. The van der Waals surface area contributed by atoms with Crippen LogP contribution >= 0.6 is 11.6 Å². The third kappa shape index (κ3) is 4.31. The van der Waals surface area contributed by atoms with Gasteiger partial charge in [-0.1, -0.05) is 37.5 Å². The molecule has 2 aromatic carbocycles. The van der Waals surface area contributed by atoms with E-state index in [9.17, 15) is 15.0 Å². The average Bonchev–Trinajstić information content (AvgIpc) is 2.50. The van der Waals surface area contributed by atoms with Gasteiger partial charge in [0.1, 0.15) is 11.3 Å². The molecule has 2 aromatic rings. The van der Waals surface area contributed by atoms with Gasteiger partial charge < -0.3 is 15.1 Å². The Bertz CT molecular complexity index is 821. The summed E-state index contributed by atoms with van der Waals surface area (Å²) < 4.78 is 0. The normalized spacial score (nSPS) is 11.7. The summed E-state index contributed by atoms with van der Waals surface area (Å²) in [5, 5.41) is 24.3. The SMILES string of the molecule is Cc1c(/C=N/Oc2ccc(Cl)cc2)cc(C(C)(C)C)c(O)c1C(=O)O. The average molecular weight is 362 g/mol. The Hall–Kier alpha value is -2.53. The zero-order valence-electron chi connectivity index (χ0n) is 14.5. The lowest BCUT2D eigenvalue weighted by Gasteiger charge is -2.23. The molecule has 6 heteroatoms. The van der Waals surface area contributed by atoms with Crippen LogP contribution in [0.15, 0.2) is 35.5 Å². The third-order valence-corrected chi connectivity index (χ3v) is 4.04. The molecule has 0 heterocycles. The molecule has 0 fully saturated rings. The van der Waals surface area contributed by atoms with Gasteiger partial charge in [0.2, 0.25) is 0 Å². The highest BCUT2D eigenvalue weighted by Gasteiger charge is 2.26. The number of carbonyl (C=O) groups is 1. The number of phenols is 1. The van der Waals surface area contributed by atoms with E-state index in [1.807, 2.05) is 20.8 Å². The standard InChI is InChI=1S/C19H20ClNO4/c1-11-12(10-21-25-14-7-5-13(20)6-8-14)9-15(19(2,3)4)17(22)16(11)18(23)24/h5-10,22H,1-4H3,(H,23,24)/b21-10+. The first-order valence-corrected chi connectivity index (χ1v) is 8.05. The number of benzene rings is 2. The number of nitrogens with zero attached hydrogens (tertiary/aromatic N) is 1. The number of rotatable bonds is 4. The van der Waals surface area contributed by atoms with Crippen LogP contribution in [-0.4, -0.2) is 22.4 Å². The Balaban J connectivity index is 2.42. The summed E-state index contributed by atoms with van der Waals surface area (Å²) in [4.78, 5) is 16.8. The Kier molecular flexibility index (Phi) is 5.38. The maximum Gasteiger partial charge on any atom is 0.339 e. The van der Waals surface area contributed by atoms with Crippen molar-refractivity contribution in [1.82, 2.24) is 0 Å². The zero-order chi connectivity index (χ0) is 18.8. The van der Waals surface area contributed by atoms with Crippen LogP contribution in [0.25, 0.3) is 0 Å². The second-order valence-corrected chi connectivity index (χ2v) is 7.13. The lowest BCUT2D eigenvalue weighted by Crippen LogP contribution is -2.15. The number of carboxylic acids is 1. The van der Waals surface area contributed by atoms with Crippen molar-refractivity contribution in [2.75, 3.05) is 0 Å². The molecule has 0 aliphatic heterocycles. The first kappa shape index (κ1) is 18.8. The largest absolute Gasteiger partial charge is 0.507 e. The molecule has 0 radical (unpaired) electrons. The van der Waals surface area contributed by atoms with Gasteiger partial charge >= 0.3 is 5.97 Å². The van der Waals surface area contributed by atoms with Crippen molar-refractivity contribution in [3.8, 4) is 11.5 Å². The zero-order valence-corrected chi connectivity index (χ0v) is 15.3. The van der Waals surface area contributed by atoms with Crippen molar-refractivity contribution in [2.24, 2.45) is 5.16 Å². The fourth-order valence-corrected chi connectivity index (χ4v) is 2.52. The molecule has 25 heavy (non-hydrogen) atoms. The predicted molar refractivity (Wildman–Crippen MR) is 98.2 cm³/mol. The van der Waals surface area contributed by atoms with Gasteiger partial charge in [-0.3, -0.25) is 0 Å². The van der Waals surface area contributed by atoms with Crippen LogP contribution < -0.4 is 4.84 Å². The Morgan fingerprint density at radius 2 is 1.84 bits per heavy atom. The number of aromatic hydroxyl groups is 1. The maximum atomic E-state index is 11.6. The van der Waals surface area contributed by atoms with E-state index in [4.69, 9.17) is 16.4 Å². The fraction of sp³-hybridized carbons (Fsp3) is 0.263. The Morgan fingerprint density at radius 3 is 2.36 bits per heavy atom. The quantitative estimate of drug-likeness (QED) is 0.607. The van der Waals surface area contributed by atoms with Crippen molar-refractivity contribution < 1.29 is 19.8 Å². The number of carboxylic acid groups (broad SMARTS) is 1. The summed E-state index contributed by atoms with van der Waals surface area (Å²) in [6, 6.07) is 8.43. The molecule has 0 aromatic heterocycles. The summed E-state index contributed by atoms with van der Waals surface area (Å²) in [7, 11) is 0. The monoisotopic (exact) mass is 361 g/mol. The van der Waals surface area contributed by atoms with Crippen molar-refractivity contribution in [2.45, 2.75) is 33.1 Å². The molecular formula is C19H20ClNO4. The summed E-state index contributed by atoms with van der Waals surface area (Å²) >= 11 is 5.81. The molecule has 0 aliphatic rings. The lowest BCUT2D eigenvalue weighted by atomic mass is 9.82. The first-order chi connectivity index (χ1) is 11.6. The van der Waals surface area contributed by atoms with E-state index in [1.54, 1.807) is 37.3 Å². The van der Waals surface area contributed by atoms with E-state index in [-0.39, 0.29) is 11.3 Å². The molecule has 2 N–H and O–H groups in total. The molecule has 132 valence electrons. The van der Waals surface area contributed by atoms with E-state index in [0.29, 0.717) is 27.5 Å². The molecular weight excluding hydrogens is 342 g/mol. The van der Waals surface area contributed by atoms with Crippen LogP contribution in [0.1, 0.15) is 47.8 Å². The van der Waals surface area contributed by atoms with Gasteiger partial charge in [-0.25, -0.2) is 4.79 Å². The van der Waals surface area contributed by atoms with Crippen LogP contribution in [0.5, 0.6) is 11.5 Å². The lowest BCUT2D eigenvalue weighted by molar-refractivity contribution is 0.0692. The van der Waals surface area contributed by atoms with Crippen LogP contribution in [-0.2, 0) is 5.41 Å². The van der Waals surface area contributed by atoms with Crippen LogP contribution in [0.4, 0.5) is 0 Å². The first-order valence-electron chi connectivity index (χ1n) is 7.67. The second kappa shape index (κ2) is 7.15. The van der Waals surface area contributed by atoms with E-state index >= 15 is 0 Å². The van der Waals surface area contributed by atoms with Crippen molar-refractivity contribution in [1.29, 1.82) is 0 Å². The van der Waals surface area contributed by atoms with Crippen LogP contribution in [0.2, 0.25) is 5.02 Å². The minimum Gasteiger partial charge on any atom is -0.507 e. The molecule has 0 saturated carbocycles. The summed E-state index contributed by atoms with van der Waals surface area (Å²) in [6.45, 7) is 7.32. The minimum absolute atomic E-state index is 0.125. The molecule has 0 spiro atoms. The number of hydrogen-bond acceptors (Lipinski definition) is 4. The van der Waals surface area contributed by atoms with Crippen molar-refractivity contribution >= 4 is 23.8 Å². The molecule has 0 amide bonds. The molecule has 0 atom stereocenters. The van der Waals surface area contributed by atoms with Gasteiger partial charge in [-0.2, -0.15) is 0 Å². The maximum absolute atomic E-state index is 11.6. The Morgan fingerprint density at radius 1 is 1.24 bits per heavy atom. The predicted octanol–water partition coefficient (Wildman–Crippen LogP) is 4.76. The third-order valence-electron chi connectivity index (χ3n) is 3.79. The highest BCUT2D eigenvalue weighted by molar-refractivity contribution is 6.30. The van der Waals surface area contributed by atoms with Gasteiger partial charge in [0.15, 0.2) is 5.75 Å². The van der Waals surface area contributed by atoms with Gasteiger partial charge in [0.05, 0.1) is 6.21 Å². The molecule has 5 nitrogen and oxygen atoms in total. The summed E-state index contributed by atoms with van der Waals surface area (Å²) in [5.74, 6) is -0.894. The number of aromatic carboxylic acids is 1. The van der Waals surface area contributed by atoms with Gasteiger partial charge in [0, 0.05) is 16.1 Å². The number of oxime groups is 1. The number of hydrogen-bond donors (Lipinski definition) is 2. The minimum atomic E-state index is -1.19. The van der Waals surface area contributed by atoms with E-state index in [0.717, 1.165) is 0 Å². The van der Waals surface area contributed by atoms with E-state index < -0.39 is 11.4 Å². The van der Waals surface area contributed by atoms with Gasteiger partial charge in [0.25, 0.3) is 0 Å². The molecule has 0 unspecified atom stereocenters. The fourth-order valence-electron chi connectivity index (χ4n) is 2.40. The van der Waals surface area contributed by atoms with Crippen LogP contribution in [0.3, 0.4) is 0 Å². The highest BCUT2D eigenvalue weighted by Crippen LogP contribution is 2.36. The van der Waals surface area contributed by atoms with Crippen molar-refractivity contribution in [3.05, 3.63) is 57.6 Å². The van der Waals surface area contributed by atoms with Crippen molar-refractivity contribution in [3.63, 3.8) is 0 Å².